The number of carbonyl (C=O) groups excluding carboxylic acids is 1. The number of pyridine rings is 1. The van der Waals surface area contributed by atoms with E-state index in [1.807, 2.05) is 37.3 Å². The van der Waals surface area contributed by atoms with Crippen molar-refractivity contribution < 1.29 is 14.3 Å². The van der Waals surface area contributed by atoms with E-state index in [1.54, 1.807) is 21.6 Å². The lowest BCUT2D eigenvalue weighted by Crippen LogP contribution is -2.33. The van der Waals surface area contributed by atoms with E-state index in [0.717, 1.165) is 43.5 Å². The highest BCUT2D eigenvalue weighted by Gasteiger charge is 2.33. The fraction of sp³-hybridized carbons (Fsp3) is 0.308. The van der Waals surface area contributed by atoms with Gasteiger partial charge in [-0.2, -0.15) is 0 Å². The number of piperidine rings is 1. The standard InChI is InChI=1S/C26H24N4O4S2/c1-16-6-5-11-29-22(16)27-23(28-9-3-2-4-10-28)18(24(29)31)13-21-25(32)30(26(35)36-21)14-17-7-8-19-20(12-17)34-15-33-19/h5-8,11-13H,2-4,9-10,14-15H2,1H3. The van der Waals surface area contributed by atoms with Gasteiger partial charge in [-0.05, 0) is 61.6 Å². The zero-order chi connectivity index (χ0) is 24.8. The molecule has 1 aromatic carbocycles. The van der Waals surface area contributed by atoms with Crippen LogP contribution < -0.4 is 19.9 Å². The molecule has 0 N–H and O–H groups in total. The lowest BCUT2D eigenvalue weighted by Gasteiger charge is -2.29. The number of carbonyl (C=O) groups is 1. The Morgan fingerprint density at radius 2 is 1.92 bits per heavy atom. The molecule has 0 spiro atoms. The maximum atomic E-state index is 13.7. The predicted molar refractivity (Wildman–Crippen MR) is 144 cm³/mol. The van der Waals surface area contributed by atoms with Crippen molar-refractivity contribution in [3.05, 3.63) is 68.5 Å². The molecule has 0 aliphatic carbocycles. The molecule has 8 nitrogen and oxygen atoms in total. The molecule has 36 heavy (non-hydrogen) atoms. The van der Waals surface area contributed by atoms with Crippen molar-refractivity contribution in [1.82, 2.24) is 14.3 Å². The van der Waals surface area contributed by atoms with Crippen molar-refractivity contribution in [3.8, 4) is 11.5 Å². The van der Waals surface area contributed by atoms with Gasteiger partial charge in [0, 0.05) is 19.3 Å². The van der Waals surface area contributed by atoms with Crippen LogP contribution in [-0.2, 0) is 11.3 Å². The largest absolute Gasteiger partial charge is 0.454 e. The second kappa shape index (κ2) is 9.25. The van der Waals surface area contributed by atoms with E-state index in [4.69, 9.17) is 26.7 Å². The smallest absolute Gasteiger partial charge is 0.267 e. The fourth-order valence-corrected chi connectivity index (χ4v) is 6.00. The predicted octanol–water partition coefficient (Wildman–Crippen LogP) is 4.12. The van der Waals surface area contributed by atoms with Crippen molar-refractivity contribution in [3.63, 3.8) is 0 Å². The molecule has 0 atom stereocenters. The maximum absolute atomic E-state index is 13.7. The normalized spacial score (nSPS) is 18.6. The third-order valence-electron chi connectivity index (χ3n) is 6.65. The average Bonchev–Trinajstić information content (AvgIpc) is 3.46. The van der Waals surface area contributed by atoms with Gasteiger partial charge in [0.2, 0.25) is 6.79 Å². The topological polar surface area (TPSA) is 76.4 Å². The highest BCUT2D eigenvalue weighted by molar-refractivity contribution is 8.26. The Labute approximate surface area is 217 Å². The number of amides is 1. The van der Waals surface area contributed by atoms with Gasteiger partial charge in [0.25, 0.3) is 11.5 Å². The molecule has 1 amide bonds. The van der Waals surface area contributed by atoms with Crippen LogP contribution in [0, 0.1) is 6.92 Å². The number of aryl methyl sites for hydroxylation is 1. The number of thiocarbonyl (C=S) groups is 1. The van der Waals surface area contributed by atoms with E-state index in [-0.39, 0.29) is 18.3 Å². The van der Waals surface area contributed by atoms with Crippen molar-refractivity contribution in [2.45, 2.75) is 32.7 Å². The molecule has 2 fully saturated rings. The Morgan fingerprint density at radius 3 is 2.75 bits per heavy atom. The van der Waals surface area contributed by atoms with Gasteiger partial charge < -0.3 is 14.4 Å². The van der Waals surface area contributed by atoms with Crippen LogP contribution in [0.4, 0.5) is 5.82 Å². The summed E-state index contributed by atoms with van der Waals surface area (Å²) in [7, 11) is 0. The van der Waals surface area contributed by atoms with Crippen LogP contribution in [-0.4, -0.2) is 44.4 Å². The summed E-state index contributed by atoms with van der Waals surface area (Å²) >= 11 is 6.77. The number of ether oxygens (including phenoxy) is 2. The minimum atomic E-state index is -0.221. The second-order valence-corrected chi connectivity index (χ2v) is 10.7. The third-order valence-corrected chi connectivity index (χ3v) is 8.02. The summed E-state index contributed by atoms with van der Waals surface area (Å²) < 4.78 is 12.8. The number of benzene rings is 1. The summed E-state index contributed by atoms with van der Waals surface area (Å²) in [6.45, 7) is 4.12. The second-order valence-electron chi connectivity index (χ2n) is 9.04. The van der Waals surface area contributed by atoms with Crippen LogP contribution >= 0.6 is 24.0 Å². The van der Waals surface area contributed by atoms with Gasteiger partial charge >= 0.3 is 0 Å². The summed E-state index contributed by atoms with van der Waals surface area (Å²) in [5, 5.41) is 0. The SMILES string of the molecule is Cc1cccn2c(=O)c(C=C3SC(=S)N(Cc4ccc5c(c4)OCO5)C3=O)c(N3CCCCC3)nc12. The van der Waals surface area contributed by atoms with E-state index in [1.165, 1.54) is 11.8 Å². The van der Waals surface area contributed by atoms with E-state index in [9.17, 15) is 9.59 Å². The minimum absolute atomic E-state index is 0.190. The Balaban J connectivity index is 1.38. The maximum Gasteiger partial charge on any atom is 0.267 e. The molecule has 184 valence electrons. The summed E-state index contributed by atoms with van der Waals surface area (Å²) in [6.07, 6.45) is 6.65. The van der Waals surface area contributed by atoms with Crippen LogP contribution in [0.5, 0.6) is 11.5 Å². The third kappa shape index (κ3) is 4.04. The van der Waals surface area contributed by atoms with Gasteiger partial charge in [-0.25, -0.2) is 4.98 Å². The summed E-state index contributed by atoms with van der Waals surface area (Å²) in [5.41, 5.74) is 2.67. The van der Waals surface area contributed by atoms with Crippen molar-refractivity contribution in [1.29, 1.82) is 0 Å². The monoisotopic (exact) mass is 520 g/mol. The van der Waals surface area contributed by atoms with Gasteiger partial charge in [-0.15, -0.1) is 0 Å². The average molecular weight is 521 g/mol. The van der Waals surface area contributed by atoms with Gasteiger partial charge in [0.1, 0.15) is 15.8 Å². The van der Waals surface area contributed by atoms with E-state index < -0.39 is 0 Å². The van der Waals surface area contributed by atoms with Crippen molar-refractivity contribution in [2.24, 2.45) is 0 Å². The summed E-state index contributed by atoms with van der Waals surface area (Å²) in [4.78, 5) is 36.1. The van der Waals surface area contributed by atoms with Crippen LogP contribution in [0.3, 0.4) is 0 Å². The van der Waals surface area contributed by atoms with Crippen molar-refractivity contribution in [2.75, 3.05) is 24.8 Å². The number of hydrogen-bond acceptors (Lipinski definition) is 8. The molecule has 3 aliphatic heterocycles. The molecule has 2 aromatic heterocycles. The number of anilines is 1. The molecule has 2 saturated heterocycles. The van der Waals surface area contributed by atoms with Crippen molar-refractivity contribution >= 4 is 51.7 Å². The lowest BCUT2D eigenvalue weighted by molar-refractivity contribution is -0.122. The van der Waals surface area contributed by atoms with Gasteiger partial charge in [0.05, 0.1) is 17.0 Å². The molecule has 6 rings (SSSR count). The Morgan fingerprint density at radius 1 is 1.11 bits per heavy atom. The number of nitrogens with zero attached hydrogens (tertiary/aromatic N) is 4. The molecule has 10 heteroatoms. The van der Waals surface area contributed by atoms with Crippen LogP contribution in [0.15, 0.2) is 46.2 Å². The fourth-order valence-electron chi connectivity index (χ4n) is 4.76. The first-order valence-corrected chi connectivity index (χ1v) is 13.1. The van der Waals surface area contributed by atoms with Crippen LogP contribution in [0.1, 0.15) is 36.0 Å². The molecule has 5 heterocycles. The zero-order valence-corrected chi connectivity index (χ0v) is 21.4. The molecule has 0 saturated carbocycles. The van der Waals surface area contributed by atoms with Crippen LogP contribution in [0.25, 0.3) is 11.7 Å². The molecule has 3 aliphatic rings. The quantitative estimate of drug-likeness (QED) is 0.376. The molecule has 3 aromatic rings. The lowest BCUT2D eigenvalue weighted by atomic mass is 10.1. The zero-order valence-electron chi connectivity index (χ0n) is 19.7. The summed E-state index contributed by atoms with van der Waals surface area (Å²) in [6, 6.07) is 9.37. The molecular weight excluding hydrogens is 496 g/mol. The first kappa shape index (κ1) is 23.1. The van der Waals surface area contributed by atoms with Crippen LogP contribution in [0.2, 0.25) is 0 Å². The number of hydrogen-bond donors (Lipinski definition) is 0. The Bertz CT molecular complexity index is 1490. The Kier molecular flexibility index (Phi) is 5.93. The van der Waals surface area contributed by atoms with Gasteiger partial charge in [-0.1, -0.05) is 36.1 Å². The minimum Gasteiger partial charge on any atom is -0.454 e. The van der Waals surface area contributed by atoms with E-state index >= 15 is 0 Å². The van der Waals surface area contributed by atoms with Gasteiger partial charge in [0.15, 0.2) is 11.5 Å². The highest BCUT2D eigenvalue weighted by atomic mass is 32.2. The highest BCUT2D eigenvalue weighted by Crippen LogP contribution is 2.37. The van der Waals surface area contributed by atoms with E-state index in [2.05, 4.69) is 4.90 Å². The molecular formula is C26H24N4O4S2. The van der Waals surface area contributed by atoms with Gasteiger partial charge in [-0.3, -0.25) is 18.9 Å². The number of fused-ring (bicyclic) bond motifs is 2. The first-order chi connectivity index (χ1) is 17.5. The van der Waals surface area contributed by atoms with E-state index in [0.29, 0.717) is 44.3 Å². The summed E-state index contributed by atoms with van der Waals surface area (Å²) in [5.74, 6) is 1.76. The number of aromatic nitrogens is 2. The number of thioether (sulfide) groups is 1. The Hall–Kier alpha value is -3.37. The molecule has 0 unspecified atom stereocenters. The molecule has 0 bridgehead atoms. The molecule has 0 radical (unpaired) electrons. The number of rotatable bonds is 4. The first-order valence-electron chi connectivity index (χ1n) is 11.9.